The summed E-state index contributed by atoms with van der Waals surface area (Å²) in [7, 11) is 0. The van der Waals surface area contributed by atoms with Gasteiger partial charge in [-0.2, -0.15) is 0 Å². The molecule has 3 aromatic rings. The topological polar surface area (TPSA) is 85.8 Å². The Balaban J connectivity index is 1.77. The van der Waals surface area contributed by atoms with E-state index in [4.69, 9.17) is 17.3 Å². The predicted octanol–water partition coefficient (Wildman–Crippen LogP) is 3.09. The molecule has 9 heteroatoms. The van der Waals surface area contributed by atoms with Crippen LogP contribution in [0.2, 0.25) is 5.02 Å². The first-order valence-corrected chi connectivity index (χ1v) is 7.51. The molecule has 3 rings (SSSR count). The molecule has 3 N–H and O–H groups in total. The van der Waals surface area contributed by atoms with Gasteiger partial charge in [-0.05, 0) is 29.8 Å². The molecule has 0 aliphatic heterocycles. The number of nitrogens with two attached hydrogens (primary N) is 1. The molecule has 1 aromatic heterocycles. The van der Waals surface area contributed by atoms with Crippen molar-refractivity contribution < 1.29 is 13.6 Å². The van der Waals surface area contributed by atoms with Crippen molar-refractivity contribution in [2.45, 2.75) is 6.54 Å². The zero-order valence-corrected chi connectivity index (χ0v) is 13.5. The lowest BCUT2D eigenvalue weighted by molar-refractivity contribution is 0.102. The second-order valence-electron chi connectivity index (χ2n) is 5.19. The van der Waals surface area contributed by atoms with Crippen LogP contribution < -0.4 is 11.1 Å². The Morgan fingerprint density at radius 2 is 1.92 bits per heavy atom. The Hall–Kier alpha value is -3.00. The number of carbonyl (C=O) groups excluding carboxylic acids is 1. The van der Waals surface area contributed by atoms with Crippen LogP contribution in [0.25, 0.3) is 0 Å². The molecule has 0 aliphatic carbocycles. The van der Waals surface area contributed by atoms with Crippen molar-refractivity contribution in [3.05, 3.63) is 70.4 Å². The van der Waals surface area contributed by atoms with Gasteiger partial charge in [-0.25, -0.2) is 13.5 Å². The number of aromatic nitrogens is 3. The van der Waals surface area contributed by atoms with Crippen molar-refractivity contribution in [3.63, 3.8) is 0 Å². The van der Waals surface area contributed by atoms with Crippen molar-refractivity contribution in [2.24, 2.45) is 0 Å². The van der Waals surface area contributed by atoms with Crippen LogP contribution in [0.1, 0.15) is 16.1 Å². The zero-order valence-electron chi connectivity index (χ0n) is 12.7. The predicted molar refractivity (Wildman–Crippen MR) is 89.3 cm³/mol. The maximum Gasteiger partial charge on any atom is 0.280 e. The van der Waals surface area contributed by atoms with Crippen LogP contribution in [-0.2, 0) is 6.54 Å². The molecule has 2 aromatic carbocycles. The van der Waals surface area contributed by atoms with E-state index in [0.29, 0.717) is 11.1 Å². The van der Waals surface area contributed by atoms with Gasteiger partial charge in [0.15, 0.2) is 11.5 Å². The van der Waals surface area contributed by atoms with Crippen molar-refractivity contribution in [1.29, 1.82) is 0 Å². The fourth-order valence-corrected chi connectivity index (χ4v) is 2.26. The van der Waals surface area contributed by atoms with Gasteiger partial charge in [0.2, 0.25) is 0 Å². The quantitative estimate of drug-likeness (QED) is 0.745. The monoisotopic (exact) mass is 363 g/mol. The van der Waals surface area contributed by atoms with Gasteiger partial charge < -0.3 is 11.1 Å². The fourth-order valence-electron chi connectivity index (χ4n) is 2.13. The first kappa shape index (κ1) is 16.8. The lowest BCUT2D eigenvalue weighted by Crippen LogP contribution is -2.16. The summed E-state index contributed by atoms with van der Waals surface area (Å²) in [5.74, 6) is -2.37. The van der Waals surface area contributed by atoms with Gasteiger partial charge in [0.1, 0.15) is 11.6 Å². The Morgan fingerprint density at radius 1 is 1.20 bits per heavy atom. The molecule has 0 saturated heterocycles. The third-order valence-electron chi connectivity index (χ3n) is 3.41. The summed E-state index contributed by atoms with van der Waals surface area (Å²) in [6.07, 6.45) is 0. The molecule has 0 saturated carbocycles. The number of amides is 1. The molecule has 0 unspecified atom stereocenters. The molecule has 0 bridgehead atoms. The highest BCUT2D eigenvalue weighted by atomic mass is 35.5. The first-order valence-electron chi connectivity index (χ1n) is 7.14. The second kappa shape index (κ2) is 6.86. The van der Waals surface area contributed by atoms with Crippen LogP contribution in [0.15, 0.2) is 42.5 Å². The summed E-state index contributed by atoms with van der Waals surface area (Å²) in [5.41, 5.74) is 6.42. The molecule has 1 heterocycles. The number of nitrogens with zero attached hydrogens (tertiary/aromatic N) is 3. The van der Waals surface area contributed by atoms with Gasteiger partial charge in [-0.1, -0.05) is 28.9 Å². The molecule has 25 heavy (non-hydrogen) atoms. The standard InChI is InChI=1S/C16H12ClF2N5O/c17-10-3-1-9(2-4-10)8-24-15(20)14(22-23-24)16(25)21-13-6-5-11(18)7-12(13)19/h1-7H,8,20H2,(H,21,25). The van der Waals surface area contributed by atoms with E-state index >= 15 is 0 Å². The molecule has 1 amide bonds. The number of nitrogen functional groups attached to an aromatic ring is 1. The summed E-state index contributed by atoms with van der Waals surface area (Å²) in [5, 5.41) is 10.4. The van der Waals surface area contributed by atoms with Crippen LogP contribution in [0.4, 0.5) is 20.3 Å². The minimum Gasteiger partial charge on any atom is -0.382 e. The number of benzene rings is 2. The summed E-state index contributed by atoms with van der Waals surface area (Å²) in [6, 6.07) is 9.81. The Kier molecular flexibility index (Phi) is 4.62. The molecular weight excluding hydrogens is 352 g/mol. The Morgan fingerprint density at radius 3 is 2.60 bits per heavy atom. The lowest BCUT2D eigenvalue weighted by Gasteiger charge is -2.06. The number of carbonyl (C=O) groups is 1. The maximum absolute atomic E-state index is 13.6. The maximum atomic E-state index is 13.6. The number of halogens is 3. The highest BCUT2D eigenvalue weighted by molar-refractivity contribution is 6.30. The second-order valence-corrected chi connectivity index (χ2v) is 5.62. The van der Waals surface area contributed by atoms with Crippen molar-refractivity contribution in [3.8, 4) is 0 Å². The van der Waals surface area contributed by atoms with E-state index in [1.807, 2.05) is 0 Å². The van der Waals surface area contributed by atoms with Gasteiger partial charge in [0.05, 0.1) is 12.2 Å². The summed E-state index contributed by atoms with van der Waals surface area (Å²) in [6.45, 7) is 0.286. The molecule has 0 radical (unpaired) electrons. The number of hydrogen-bond acceptors (Lipinski definition) is 4. The normalized spacial score (nSPS) is 10.7. The highest BCUT2D eigenvalue weighted by Crippen LogP contribution is 2.18. The smallest absolute Gasteiger partial charge is 0.280 e. The molecule has 0 fully saturated rings. The zero-order chi connectivity index (χ0) is 18.0. The Bertz CT molecular complexity index is 927. The van der Waals surface area contributed by atoms with E-state index in [0.717, 1.165) is 17.7 Å². The number of nitrogens with one attached hydrogen (secondary N) is 1. The van der Waals surface area contributed by atoms with Crippen LogP contribution in [0.5, 0.6) is 0 Å². The summed E-state index contributed by atoms with van der Waals surface area (Å²) < 4.78 is 27.8. The molecule has 128 valence electrons. The first-order chi connectivity index (χ1) is 11.9. The van der Waals surface area contributed by atoms with Crippen LogP contribution in [0, 0.1) is 11.6 Å². The third-order valence-corrected chi connectivity index (χ3v) is 3.67. The average molecular weight is 364 g/mol. The van der Waals surface area contributed by atoms with E-state index in [1.54, 1.807) is 24.3 Å². The van der Waals surface area contributed by atoms with E-state index in [1.165, 1.54) is 4.68 Å². The fraction of sp³-hybridized carbons (Fsp3) is 0.0625. The van der Waals surface area contributed by atoms with Gasteiger partial charge in [-0.3, -0.25) is 4.79 Å². The molecule has 0 aliphatic rings. The molecule has 0 spiro atoms. The number of rotatable bonds is 4. The minimum absolute atomic E-state index is 0.0231. The van der Waals surface area contributed by atoms with Gasteiger partial charge in [0.25, 0.3) is 5.91 Å². The van der Waals surface area contributed by atoms with Gasteiger partial charge >= 0.3 is 0 Å². The van der Waals surface area contributed by atoms with Crippen LogP contribution in [-0.4, -0.2) is 20.9 Å². The van der Waals surface area contributed by atoms with E-state index in [9.17, 15) is 13.6 Å². The lowest BCUT2D eigenvalue weighted by atomic mass is 10.2. The van der Waals surface area contributed by atoms with Crippen molar-refractivity contribution >= 4 is 29.0 Å². The minimum atomic E-state index is -0.902. The molecule has 0 atom stereocenters. The van der Waals surface area contributed by atoms with Crippen molar-refractivity contribution in [2.75, 3.05) is 11.1 Å². The van der Waals surface area contributed by atoms with E-state index in [-0.39, 0.29) is 23.7 Å². The largest absolute Gasteiger partial charge is 0.382 e. The highest BCUT2D eigenvalue weighted by Gasteiger charge is 2.19. The summed E-state index contributed by atoms with van der Waals surface area (Å²) in [4.78, 5) is 12.2. The van der Waals surface area contributed by atoms with Gasteiger partial charge in [0, 0.05) is 11.1 Å². The third kappa shape index (κ3) is 3.74. The van der Waals surface area contributed by atoms with Gasteiger partial charge in [-0.15, -0.1) is 5.10 Å². The average Bonchev–Trinajstić information content (AvgIpc) is 2.93. The number of anilines is 2. The van der Waals surface area contributed by atoms with Crippen molar-refractivity contribution in [1.82, 2.24) is 15.0 Å². The SMILES string of the molecule is Nc1c(C(=O)Nc2ccc(F)cc2F)nnn1Cc1ccc(Cl)cc1. The van der Waals surface area contributed by atoms with Crippen LogP contribution in [0.3, 0.4) is 0 Å². The Labute approximate surface area is 146 Å². The van der Waals surface area contributed by atoms with E-state index in [2.05, 4.69) is 15.6 Å². The van der Waals surface area contributed by atoms with E-state index < -0.39 is 17.5 Å². The molecular formula is C16H12ClF2N5O. The van der Waals surface area contributed by atoms with Crippen LogP contribution >= 0.6 is 11.6 Å². The number of hydrogen-bond donors (Lipinski definition) is 2. The summed E-state index contributed by atoms with van der Waals surface area (Å²) >= 11 is 5.82. The molecule has 6 nitrogen and oxygen atoms in total.